The lowest BCUT2D eigenvalue weighted by Crippen LogP contribution is -2.27. The number of hydrogen-bond donors (Lipinski definition) is 1. The van der Waals surface area contributed by atoms with Crippen molar-refractivity contribution in [1.29, 1.82) is 0 Å². The van der Waals surface area contributed by atoms with E-state index in [1.807, 2.05) is 55.5 Å². The highest BCUT2D eigenvalue weighted by atomic mass is 16.5. The number of hydrazone groups is 1. The molecule has 2 aromatic rings. The van der Waals surface area contributed by atoms with Crippen LogP contribution in [0.5, 0.6) is 5.75 Å². The topological polar surface area (TPSA) is 79.2 Å². The molecule has 1 aliphatic rings. The number of rotatable bonds is 6. The maximum atomic E-state index is 12.7. The summed E-state index contributed by atoms with van der Waals surface area (Å²) >= 11 is 0. The number of carbonyl (C=O) groups excluding carboxylic acids is 1. The van der Waals surface area contributed by atoms with Gasteiger partial charge >= 0.3 is 5.97 Å². The molecular weight excluding hydrogens is 344 g/mol. The summed E-state index contributed by atoms with van der Waals surface area (Å²) in [5.74, 6) is -0.631. The lowest BCUT2D eigenvalue weighted by molar-refractivity contribution is -0.141. The van der Waals surface area contributed by atoms with E-state index in [0.717, 1.165) is 22.4 Å². The van der Waals surface area contributed by atoms with Crippen molar-refractivity contribution >= 4 is 17.6 Å². The van der Waals surface area contributed by atoms with Crippen LogP contribution in [0.4, 0.5) is 0 Å². The molecule has 1 unspecified atom stereocenters. The van der Waals surface area contributed by atoms with Crippen LogP contribution in [0, 0.1) is 6.92 Å². The largest absolute Gasteiger partial charge is 0.496 e. The van der Waals surface area contributed by atoms with E-state index in [2.05, 4.69) is 5.10 Å². The van der Waals surface area contributed by atoms with Crippen molar-refractivity contribution in [3.63, 3.8) is 0 Å². The van der Waals surface area contributed by atoms with Crippen LogP contribution >= 0.6 is 0 Å². The van der Waals surface area contributed by atoms with Gasteiger partial charge in [0.05, 0.1) is 25.3 Å². The molecule has 3 rings (SSSR count). The summed E-state index contributed by atoms with van der Waals surface area (Å²) in [4.78, 5) is 23.5. The summed E-state index contributed by atoms with van der Waals surface area (Å²) in [6.45, 7) is 2.01. The maximum absolute atomic E-state index is 12.7. The SMILES string of the molecule is COc1ccccc1C1CC(c2ccc(C)cc2)=NN1C(=O)CCC(=O)O. The van der Waals surface area contributed by atoms with Gasteiger partial charge in [0.15, 0.2) is 0 Å². The Morgan fingerprint density at radius 2 is 1.85 bits per heavy atom. The van der Waals surface area contributed by atoms with Gasteiger partial charge in [0.2, 0.25) is 5.91 Å². The lowest BCUT2D eigenvalue weighted by Gasteiger charge is -2.23. The number of ether oxygens (including phenoxy) is 1. The van der Waals surface area contributed by atoms with E-state index < -0.39 is 5.97 Å². The molecule has 1 aliphatic heterocycles. The minimum atomic E-state index is -1.00. The van der Waals surface area contributed by atoms with Crippen LogP contribution in [0.25, 0.3) is 0 Å². The van der Waals surface area contributed by atoms with Crippen molar-refractivity contribution in [3.05, 3.63) is 65.2 Å². The number of hydrogen-bond acceptors (Lipinski definition) is 4. The average Bonchev–Trinajstić information content (AvgIpc) is 3.11. The Bertz CT molecular complexity index is 874. The van der Waals surface area contributed by atoms with E-state index in [9.17, 15) is 9.59 Å². The molecule has 1 amide bonds. The molecule has 1 heterocycles. The number of benzene rings is 2. The molecule has 1 atom stereocenters. The van der Waals surface area contributed by atoms with Crippen LogP contribution < -0.4 is 4.74 Å². The lowest BCUT2D eigenvalue weighted by atomic mass is 9.97. The van der Waals surface area contributed by atoms with Gasteiger partial charge in [-0.05, 0) is 18.6 Å². The fourth-order valence-electron chi connectivity index (χ4n) is 3.17. The van der Waals surface area contributed by atoms with Gasteiger partial charge < -0.3 is 9.84 Å². The Balaban J connectivity index is 1.94. The molecule has 0 radical (unpaired) electrons. The van der Waals surface area contributed by atoms with Crippen LogP contribution in [-0.2, 0) is 9.59 Å². The van der Waals surface area contributed by atoms with Gasteiger partial charge in [-0.3, -0.25) is 9.59 Å². The van der Waals surface area contributed by atoms with Gasteiger partial charge in [0.1, 0.15) is 5.75 Å². The fourth-order valence-corrected chi connectivity index (χ4v) is 3.17. The first-order valence-electron chi connectivity index (χ1n) is 8.81. The normalized spacial score (nSPS) is 16.1. The predicted molar refractivity (Wildman–Crippen MR) is 102 cm³/mol. The molecule has 6 heteroatoms. The van der Waals surface area contributed by atoms with Gasteiger partial charge in [-0.2, -0.15) is 5.10 Å². The standard InChI is InChI=1S/C21H22N2O4/c1-14-7-9-15(10-8-14)17-13-18(16-5-3-4-6-19(16)27-2)23(22-17)20(24)11-12-21(25)26/h3-10,18H,11-13H2,1-2H3,(H,25,26). The smallest absolute Gasteiger partial charge is 0.303 e. The summed E-state index contributed by atoms with van der Waals surface area (Å²) < 4.78 is 5.46. The Labute approximate surface area is 158 Å². The summed E-state index contributed by atoms with van der Waals surface area (Å²) in [7, 11) is 1.59. The third kappa shape index (κ3) is 4.16. The summed E-state index contributed by atoms with van der Waals surface area (Å²) in [6, 6.07) is 15.2. The second-order valence-corrected chi connectivity index (χ2v) is 6.51. The van der Waals surface area contributed by atoms with Crippen molar-refractivity contribution in [2.24, 2.45) is 5.10 Å². The fraction of sp³-hybridized carbons (Fsp3) is 0.286. The first kappa shape index (κ1) is 18.6. The molecule has 140 valence electrons. The first-order valence-corrected chi connectivity index (χ1v) is 8.81. The number of aliphatic carboxylic acids is 1. The number of para-hydroxylation sites is 1. The van der Waals surface area contributed by atoms with Gasteiger partial charge in [-0.25, -0.2) is 5.01 Å². The van der Waals surface area contributed by atoms with E-state index in [4.69, 9.17) is 9.84 Å². The van der Waals surface area contributed by atoms with Crippen molar-refractivity contribution in [1.82, 2.24) is 5.01 Å². The second kappa shape index (κ2) is 8.03. The van der Waals surface area contributed by atoms with Crippen LogP contribution in [0.2, 0.25) is 0 Å². The highest BCUT2D eigenvalue weighted by Gasteiger charge is 2.34. The van der Waals surface area contributed by atoms with Gasteiger partial charge in [0.25, 0.3) is 0 Å². The predicted octanol–water partition coefficient (Wildman–Crippen LogP) is 3.55. The van der Waals surface area contributed by atoms with E-state index >= 15 is 0 Å². The molecule has 0 spiro atoms. The molecule has 6 nitrogen and oxygen atoms in total. The number of methoxy groups -OCH3 is 1. The van der Waals surface area contributed by atoms with Gasteiger partial charge in [-0.15, -0.1) is 0 Å². The summed E-state index contributed by atoms with van der Waals surface area (Å²) in [6.07, 6.45) is 0.233. The number of aryl methyl sites for hydroxylation is 1. The molecule has 0 saturated carbocycles. The van der Waals surface area contributed by atoms with Crippen molar-refractivity contribution in [2.45, 2.75) is 32.2 Å². The Morgan fingerprint density at radius 3 is 2.52 bits per heavy atom. The molecule has 2 aromatic carbocycles. The van der Waals surface area contributed by atoms with Crippen molar-refractivity contribution < 1.29 is 19.4 Å². The van der Waals surface area contributed by atoms with Gasteiger partial charge in [-0.1, -0.05) is 48.0 Å². The number of carboxylic acids is 1. The van der Waals surface area contributed by atoms with E-state index in [1.165, 1.54) is 5.01 Å². The van der Waals surface area contributed by atoms with Crippen LogP contribution in [0.15, 0.2) is 53.6 Å². The molecule has 27 heavy (non-hydrogen) atoms. The Kier molecular flexibility index (Phi) is 5.54. The van der Waals surface area contributed by atoms with Crippen LogP contribution in [0.1, 0.15) is 42.0 Å². The number of carboxylic acid groups (broad SMARTS) is 1. The zero-order chi connectivity index (χ0) is 19.4. The van der Waals surface area contributed by atoms with Crippen molar-refractivity contribution in [3.8, 4) is 5.75 Å². The van der Waals surface area contributed by atoms with E-state index in [1.54, 1.807) is 7.11 Å². The molecule has 0 aliphatic carbocycles. The average molecular weight is 366 g/mol. The molecule has 0 saturated heterocycles. The zero-order valence-corrected chi connectivity index (χ0v) is 15.4. The second-order valence-electron chi connectivity index (χ2n) is 6.51. The highest BCUT2D eigenvalue weighted by molar-refractivity contribution is 6.03. The number of amides is 1. The zero-order valence-electron chi connectivity index (χ0n) is 15.4. The van der Waals surface area contributed by atoms with Crippen LogP contribution in [-0.4, -0.2) is 34.8 Å². The third-order valence-electron chi connectivity index (χ3n) is 4.60. The monoisotopic (exact) mass is 366 g/mol. The third-order valence-corrected chi connectivity index (χ3v) is 4.60. The quantitative estimate of drug-likeness (QED) is 0.848. The first-order chi connectivity index (χ1) is 13.0. The molecule has 1 N–H and O–H groups in total. The minimum Gasteiger partial charge on any atom is -0.496 e. The molecule has 0 aromatic heterocycles. The summed E-state index contributed by atoms with van der Waals surface area (Å²) in [5.41, 5.74) is 3.76. The number of carbonyl (C=O) groups is 2. The Morgan fingerprint density at radius 1 is 1.15 bits per heavy atom. The highest BCUT2D eigenvalue weighted by Crippen LogP contribution is 2.37. The van der Waals surface area contributed by atoms with Crippen molar-refractivity contribution in [2.75, 3.05) is 7.11 Å². The van der Waals surface area contributed by atoms with E-state index in [-0.39, 0.29) is 24.8 Å². The number of nitrogens with zero attached hydrogens (tertiary/aromatic N) is 2. The molecular formula is C21H22N2O4. The van der Waals surface area contributed by atoms with Gasteiger partial charge in [0, 0.05) is 18.4 Å². The molecule has 0 bridgehead atoms. The minimum absolute atomic E-state index is 0.0916. The molecule has 0 fully saturated rings. The maximum Gasteiger partial charge on any atom is 0.303 e. The summed E-state index contributed by atoms with van der Waals surface area (Å²) in [5, 5.41) is 14.9. The van der Waals surface area contributed by atoms with Crippen LogP contribution in [0.3, 0.4) is 0 Å². The Hall–Kier alpha value is -3.15. The van der Waals surface area contributed by atoms with E-state index in [0.29, 0.717) is 12.2 Å².